The molecule has 1 fully saturated rings. The lowest BCUT2D eigenvalue weighted by molar-refractivity contribution is -0.102. The number of hydroxylamine groups is 1. The Morgan fingerprint density at radius 2 is 1.86 bits per heavy atom. The van der Waals surface area contributed by atoms with Crippen LogP contribution in [0.2, 0.25) is 0 Å². The lowest BCUT2D eigenvalue weighted by Gasteiger charge is -2.25. The van der Waals surface area contributed by atoms with Crippen LogP contribution < -0.4 is 10.6 Å². The van der Waals surface area contributed by atoms with Crippen LogP contribution >= 0.6 is 0 Å². The molecule has 1 aliphatic rings. The van der Waals surface area contributed by atoms with Crippen molar-refractivity contribution in [3.05, 3.63) is 24.5 Å². The molecular weight excluding hydrogens is 390 g/mol. The first-order chi connectivity index (χ1) is 13.9. The molecule has 29 heavy (non-hydrogen) atoms. The second-order valence-corrected chi connectivity index (χ2v) is 9.54. The van der Waals surface area contributed by atoms with Gasteiger partial charge < -0.3 is 10.6 Å². The van der Waals surface area contributed by atoms with Crippen LogP contribution in [-0.2, 0) is 14.9 Å². The summed E-state index contributed by atoms with van der Waals surface area (Å²) >= 11 is 0. The first-order valence-electron chi connectivity index (χ1n) is 10.6. The highest BCUT2D eigenvalue weighted by Gasteiger charge is 2.20. The van der Waals surface area contributed by atoms with Gasteiger partial charge in [-0.25, -0.2) is 8.42 Å². The van der Waals surface area contributed by atoms with Crippen molar-refractivity contribution in [1.82, 2.24) is 14.8 Å². The molecule has 1 aromatic rings. The summed E-state index contributed by atoms with van der Waals surface area (Å²) in [6.45, 7) is 1.60. The van der Waals surface area contributed by atoms with E-state index >= 15 is 0 Å². The molecule has 1 aliphatic carbocycles. The highest BCUT2D eigenvalue weighted by Crippen LogP contribution is 2.24. The number of nitrogens with zero attached hydrogens (tertiary/aromatic N) is 2. The zero-order valence-corrected chi connectivity index (χ0v) is 18.2. The van der Waals surface area contributed by atoms with Crippen LogP contribution in [0.4, 0.5) is 5.69 Å². The molecule has 0 aromatic carbocycles. The summed E-state index contributed by atoms with van der Waals surface area (Å²) in [5.41, 5.74) is 0.826. The lowest BCUT2D eigenvalue weighted by Crippen LogP contribution is -2.33. The van der Waals surface area contributed by atoms with Gasteiger partial charge in [-0.3, -0.25) is 15.2 Å². The fraction of sp³-hybridized carbons (Fsp3) is 0.700. The van der Waals surface area contributed by atoms with Crippen LogP contribution in [0.3, 0.4) is 0 Å². The van der Waals surface area contributed by atoms with E-state index in [1.54, 1.807) is 24.5 Å². The third kappa shape index (κ3) is 10.0. The van der Waals surface area contributed by atoms with Crippen LogP contribution in [0.15, 0.2) is 24.5 Å². The molecule has 1 aromatic heterocycles. The summed E-state index contributed by atoms with van der Waals surface area (Å²) < 4.78 is 25.1. The number of hydrogen-bond donors (Lipinski definition) is 3. The molecule has 1 heterocycles. The maximum absolute atomic E-state index is 12.0. The standard InChI is InChI=1S/C20H35N5O3S/c1-29(26,27)25(28-17-18-9-5-4-6-10-18)16-8-3-2-7-13-23-20(21)24-19-11-14-22-15-12-19/h11-12,14-15,18H,2-10,13,16-17H2,1H3,(H3,21,22,23,24). The van der Waals surface area contributed by atoms with Crippen LogP contribution in [0.1, 0.15) is 57.8 Å². The van der Waals surface area contributed by atoms with E-state index in [-0.39, 0.29) is 5.96 Å². The van der Waals surface area contributed by atoms with Crippen LogP contribution in [0.5, 0.6) is 0 Å². The molecule has 1 saturated carbocycles. The summed E-state index contributed by atoms with van der Waals surface area (Å²) in [7, 11) is -3.35. The third-order valence-electron chi connectivity index (χ3n) is 5.07. The molecule has 8 nitrogen and oxygen atoms in total. The molecular formula is C20H35N5O3S. The van der Waals surface area contributed by atoms with Gasteiger partial charge in [0.2, 0.25) is 10.0 Å². The van der Waals surface area contributed by atoms with Crippen molar-refractivity contribution in [3.63, 3.8) is 0 Å². The van der Waals surface area contributed by atoms with Crippen molar-refractivity contribution in [1.29, 1.82) is 5.41 Å². The van der Waals surface area contributed by atoms with Crippen LogP contribution in [0.25, 0.3) is 0 Å². The maximum atomic E-state index is 12.0. The highest BCUT2D eigenvalue weighted by atomic mass is 32.2. The smallest absolute Gasteiger partial charge is 0.233 e. The zero-order valence-electron chi connectivity index (χ0n) is 17.4. The van der Waals surface area contributed by atoms with Crippen LogP contribution in [-0.4, -0.2) is 49.8 Å². The number of sulfonamides is 1. The number of aromatic nitrogens is 1. The molecule has 9 heteroatoms. The molecule has 164 valence electrons. The lowest BCUT2D eigenvalue weighted by atomic mass is 9.90. The Morgan fingerprint density at radius 3 is 2.55 bits per heavy atom. The Balaban J connectivity index is 1.55. The summed E-state index contributed by atoms with van der Waals surface area (Å²) in [5.74, 6) is 0.741. The minimum absolute atomic E-state index is 0.260. The number of nitrogens with one attached hydrogen (secondary N) is 3. The number of unbranched alkanes of at least 4 members (excludes halogenated alkanes) is 3. The second-order valence-electron chi connectivity index (χ2n) is 7.67. The summed E-state index contributed by atoms with van der Waals surface area (Å²) in [4.78, 5) is 9.59. The first-order valence-corrected chi connectivity index (χ1v) is 12.4. The largest absolute Gasteiger partial charge is 0.356 e. The Labute approximate surface area is 174 Å². The normalized spacial score (nSPS) is 15.4. The number of guanidine groups is 1. The average Bonchev–Trinajstić information content (AvgIpc) is 2.70. The molecule has 0 radical (unpaired) electrons. The minimum Gasteiger partial charge on any atom is -0.356 e. The van der Waals surface area contributed by atoms with E-state index in [9.17, 15) is 8.42 Å². The van der Waals surface area contributed by atoms with Gasteiger partial charge in [0.1, 0.15) is 0 Å². The van der Waals surface area contributed by atoms with Gasteiger partial charge in [-0.05, 0) is 43.7 Å². The predicted octanol–water partition coefficient (Wildman–Crippen LogP) is 3.35. The molecule has 3 N–H and O–H groups in total. The van der Waals surface area contributed by atoms with Gasteiger partial charge in [0.05, 0.1) is 12.9 Å². The van der Waals surface area contributed by atoms with Gasteiger partial charge in [0.15, 0.2) is 5.96 Å². The maximum Gasteiger partial charge on any atom is 0.233 e. The summed E-state index contributed by atoms with van der Waals surface area (Å²) in [5, 5.41) is 13.9. The van der Waals surface area contributed by atoms with Gasteiger partial charge in [0.25, 0.3) is 0 Å². The zero-order chi connectivity index (χ0) is 21.0. The number of hydrogen-bond acceptors (Lipinski definition) is 5. The molecule has 0 unspecified atom stereocenters. The quantitative estimate of drug-likeness (QED) is 0.205. The van der Waals surface area contributed by atoms with Crippen molar-refractivity contribution in [2.24, 2.45) is 5.92 Å². The van der Waals surface area contributed by atoms with Gasteiger partial charge in [0, 0.05) is 31.2 Å². The SMILES string of the molecule is CS(=O)(=O)N(CCCCCCNC(=N)Nc1ccncc1)OCC1CCCCC1. The minimum atomic E-state index is -3.35. The highest BCUT2D eigenvalue weighted by molar-refractivity contribution is 7.88. The van der Waals surface area contributed by atoms with E-state index in [1.165, 1.54) is 30.0 Å². The number of pyridine rings is 1. The molecule has 0 saturated heterocycles. The molecule has 0 spiro atoms. The van der Waals surface area contributed by atoms with E-state index in [0.717, 1.165) is 44.2 Å². The van der Waals surface area contributed by atoms with Gasteiger partial charge >= 0.3 is 0 Å². The monoisotopic (exact) mass is 425 g/mol. The fourth-order valence-corrected chi connectivity index (χ4v) is 4.14. The third-order valence-corrected chi connectivity index (χ3v) is 6.10. The molecule has 0 atom stereocenters. The summed E-state index contributed by atoms with van der Waals surface area (Å²) in [6, 6.07) is 3.61. The van der Waals surface area contributed by atoms with E-state index in [4.69, 9.17) is 10.2 Å². The fourth-order valence-electron chi connectivity index (χ4n) is 3.43. The van der Waals surface area contributed by atoms with Crippen molar-refractivity contribution in [2.75, 3.05) is 31.3 Å². The van der Waals surface area contributed by atoms with E-state index in [1.807, 2.05) is 0 Å². The van der Waals surface area contributed by atoms with E-state index < -0.39 is 10.0 Å². The molecule has 0 bridgehead atoms. The Hall–Kier alpha value is -1.71. The topological polar surface area (TPSA) is 107 Å². The van der Waals surface area contributed by atoms with E-state index in [0.29, 0.717) is 25.6 Å². The number of anilines is 1. The van der Waals surface area contributed by atoms with Crippen molar-refractivity contribution in [3.8, 4) is 0 Å². The number of rotatable bonds is 12. The Kier molecular flexibility index (Phi) is 10.4. The van der Waals surface area contributed by atoms with Gasteiger partial charge in [-0.1, -0.05) is 36.6 Å². The van der Waals surface area contributed by atoms with Gasteiger partial charge in [-0.2, -0.15) is 0 Å². The molecule has 2 rings (SSSR count). The van der Waals surface area contributed by atoms with Crippen molar-refractivity contribution in [2.45, 2.75) is 57.8 Å². The summed E-state index contributed by atoms with van der Waals surface area (Å²) in [6.07, 6.45) is 14.1. The average molecular weight is 426 g/mol. The Morgan fingerprint density at radius 1 is 1.17 bits per heavy atom. The van der Waals surface area contributed by atoms with Gasteiger partial charge in [-0.15, -0.1) is 0 Å². The van der Waals surface area contributed by atoms with Crippen LogP contribution in [0, 0.1) is 11.3 Å². The van der Waals surface area contributed by atoms with Crippen molar-refractivity contribution >= 4 is 21.7 Å². The predicted molar refractivity (Wildman–Crippen MR) is 116 cm³/mol. The van der Waals surface area contributed by atoms with E-state index in [2.05, 4.69) is 15.6 Å². The molecule has 0 amide bonds. The Bertz CT molecular complexity index is 693. The first kappa shape index (κ1) is 23.6. The molecule has 0 aliphatic heterocycles. The second kappa shape index (κ2) is 12.8. The van der Waals surface area contributed by atoms with Crippen molar-refractivity contribution < 1.29 is 13.3 Å².